The highest BCUT2D eigenvalue weighted by Crippen LogP contribution is 2.31. The molecule has 2 unspecified atom stereocenters. The van der Waals surface area contributed by atoms with Crippen molar-refractivity contribution in [2.45, 2.75) is 57.9 Å². The number of carbonyl (C=O) groups is 2. The van der Waals surface area contributed by atoms with Crippen molar-refractivity contribution in [1.29, 1.82) is 0 Å². The molecule has 3 aromatic rings. The first-order valence-electron chi connectivity index (χ1n) is 12.3. The number of hydrogen-bond acceptors (Lipinski definition) is 4. The van der Waals surface area contributed by atoms with Crippen LogP contribution in [0.3, 0.4) is 0 Å². The van der Waals surface area contributed by atoms with E-state index in [1.165, 1.54) is 0 Å². The molecule has 0 saturated heterocycles. The van der Waals surface area contributed by atoms with Crippen molar-refractivity contribution in [1.82, 2.24) is 4.90 Å². The summed E-state index contributed by atoms with van der Waals surface area (Å²) >= 11 is 0. The number of unbranched alkanes of at least 4 members (excludes halogenated alkanes) is 2. The Morgan fingerprint density at radius 2 is 1.77 bits per heavy atom. The van der Waals surface area contributed by atoms with Crippen LogP contribution in [0.2, 0.25) is 0 Å². The van der Waals surface area contributed by atoms with Crippen molar-refractivity contribution < 1.29 is 23.8 Å². The summed E-state index contributed by atoms with van der Waals surface area (Å²) in [5.41, 5.74) is 2.51. The fraction of sp³-hybridized carbons (Fsp3) is 0.357. The van der Waals surface area contributed by atoms with Crippen LogP contribution in [0.25, 0.3) is 11.3 Å². The van der Waals surface area contributed by atoms with E-state index in [2.05, 4.69) is 13.8 Å². The molecule has 0 aliphatic rings. The minimum Gasteiger partial charge on any atom is -0.493 e. The van der Waals surface area contributed by atoms with E-state index in [-0.39, 0.29) is 24.3 Å². The van der Waals surface area contributed by atoms with Gasteiger partial charge in [0.15, 0.2) is 0 Å². The summed E-state index contributed by atoms with van der Waals surface area (Å²) in [7, 11) is 2.04. The number of amides is 1. The van der Waals surface area contributed by atoms with Crippen molar-refractivity contribution in [3.05, 3.63) is 78.1 Å². The van der Waals surface area contributed by atoms with Crippen LogP contribution in [0.4, 0.5) is 0 Å². The van der Waals surface area contributed by atoms with Gasteiger partial charge in [-0.15, -0.1) is 0 Å². The average Bonchev–Trinajstić information content (AvgIpc) is 3.41. The van der Waals surface area contributed by atoms with Gasteiger partial charge in [-0.25, -0.2) is 0 Å². The summed E-state index contributed by atoms with van der Waals surface area (Å²) in [6.07, 6.45) is 4.87. The van der Waals surface area contributed by atoms with Crippen LogP contribution in [-0.2, 0) is 4.79 Å². The third-order valence-electron chi connectivity index (χ3n) is 6.32. The standard InChI is InChI=1S/C28H34BNO5/c1-3-20(2)30(28(33)22-16-14-21(15-17-22)24-12-9-19-34-24)27(29)23-10-6-7-11-25(23)35-18-8-4-5-13-26(31)32/h6-7,9-12,14-17,19-20,27H,3-5,8,13,18,29H2,1-2H3,(H,31,32). The summed E-state index contributed by atoms with van der Waals surface area (Å²) in [4.78, 5) is 26.3. The van der Waals surface area contributed by atoms with Crippen molar-refractivity contribution >= 4 is 19.7 Å². The molecule has 0 radical (unpaired) electrons. The number of furan rings is 1. The van der Waals surface area contributed by atoms with Gasteiger partial charge in [-0.2, -0.15) is 0 Å². The van der Waals surface area contributed by atoms with Gasteiger partial charge < -0.3 is 19.2 Å². The maximum atomic E-state index is 13.7. The van der Waals surface area contributed by atoms with Gasteiger partial charge in [0.2, 0.25) is 0 Å². The lowest BCUT2D eigenvalue weighted by molar-refractivity contribution is -0.137. The second kappa shape index (κ2) is 12.8. The summed E-state index contributed by atoms with van der Waals surface area (Å²) in [6.45, 7) is 4.66. The molecule has 7 heteroatoms. The molecular formula is C28H34BNO5. The number of nitrogens with zero attached hydrogens (tertiary/aromatic N) is 1. The number of ether oxygens (including phenoxy) is 1. The molecule has 6 nitrogen and oxygen atoms in total. The van der Waals surface area contributed by atoms with Crippen LogP contribution in [0.1, 0.15) is 67.8 Å². The molecule has 1 aromatic heterocycles. The van der Waals surface area contributed by atoms with Crippen molar-refractivity contribution in [3.8, 4) is 17.1 Å². The zero-order valence-electron chi connectivity index (χ0n) is 20.8. The highest BCUT2D eigenvalue weighted by Gasteiger charge is 2.28. The first-order valence-corrected chi connectivity index (χ1v) is 12.3. The molecule has 0 aliphatic heterocycles. The maximum absolute atomic E-state index is 13.7. The molecule has 0 bridgehead atoms. The number of rotatable bonds is 13. The number of carboxylic acid groups (broad SMARTS) is 1. The quantitative estimate of drug-likeness (QED) is 0.259. The van der Waals surface area contributed by atoms with Gasteiger partial charge in [-0.3, -0.25) is 9.59 Å². The Kier molecular flexibility index (Phi) is 9.59. The number of carbonyl (C=O) groups excluding carboxylic acids is 1. The number of aliphatic carboxylic acids is 1. The van der Waals surface area contributed by atoms with Gasteiger partial charge in [-0.1, -0.05) is 37.3 Å². The van der Waals surface area contributed by atoms with E-state index >= 15 is 0 Å². The second-order valence-corrected chi connectivity index (χ2v) is 8.79. The fourth-order valence-electron chi connectivity index (χ4n) is 4.17. The van der Waals surface area contributed by atoms with E-state index in [0.29, 0.717) is 18.6 Å². The molecule has 1 N–H and O–H groups in total. The Hall–Kier alpha value is -3.48. The first kappa shape index (κ1) is 26.1. The molecule has 0 aliphatic carbocycles. The van der Waals surface area contributed by atoms with Gasteiger partial charge in [0.1, 0.15) is 19.4 Å². The molecule has 2 atom stereocenters. The lowest BCUT2D eigenvalue weighted by atomic mass is 9.85. The van der Waals surface area contributed by atoms with Gasteiger partial charge >= 0.3 is 5.97 Å². The molecule has 184 valence electrons. The Bertz CT molecular complexity index is 1080. The van der Waals surface area contributed by atoms with Crippen LogP contribution >= 0.6 is 0 Å². The molecule has 2 aromatic carbocycles. The van der Waals surface area contributed by atoms with E-state index in [1.807, 2.05) is 73.4 Å². The molecular weight excluding hydrogens is 441 g/mol. The molecule has 1 amide bonds. The van der Waals surface area contributed by atoms with Gasteiger partial charge in [0.05, 0.1) is 12.9 Å². The number of carboxylic acids is 1. The lowest BCUT2D eigenvalue weighted by Crippen LogP contribution is -2.41. The predicted molar refractivity (Wildman–Crippen MR) is 139 cm³/mol. The van der Waals surface area contributed by atoms with Gasteiger partial charge in [0, 0.05) is 35.1 Å². The molecule has 35 heavy (non-hydrogen) atoms. The topological polar surface area (TPSA) is 80.0 Å². The molecule has 0 fully saturated rings. The van der Waals surface area contributed by atoms with Crippen LogP contribution in [-0.4, -0.2) is 42.4 Å². The van der Waals surface area contributed by atoms with E-state index in [0.717, 1.165) is 41.9 Å². The normalized spacial score (nSPS) is 12.6. The minimum absolute atomic E-state index is 0.0266. The average molecular weight is 475 g/mol. The third kappa shape index (κ3) is 7.01. The Morgan fingerprint density at radius 1 is 1.03 bits per heavy atom. The third-order valence-corrected chi connectivity index (χ3v) is 6.32. The van der Waals surface area contributed by atoms with Gasteiger partial charge in [-0.05, 0) is 62.9 Å². The van der Waals surface area contributed by atoms with E-state index in [4.69, 9.17) is 14.3 Å². The highest BCUT2D eigenvalue weighted by molar-refractivity contribution is 6.14. The molecule has 1 heterocycles. The van der Waals surface area contributed by atoms with E-state index in [9.17, 15) is 9.59 Å². The van der Waals surface area contributed by atoms with Crippen LogP contribution < -0.4 is 4.74 Å². The Morgan fingerprint density at radius 3 is 2.43 bits per heavy atom. The number of benzene rings is 2. The molecule has 0 spiro atoms. The largest absolute Gasteiger partial charge is 0.493 e. The van der Waals surface area contributed by atoms with Crippen molar-refractivity contribution in [2.24, 2.45) is 0 Å². The zero-order valence-corrected chi connectivity index (χ0v) is 20.8. The molecule has 3 rings (SSSR count). The second-order valence-electron chi connectivity index (χ2n) is 8.79. The monoisotopic (exact) mass is 475 g/mol. The minimum atomic E-state index is -0.768. The van der Waals surface area contributed by atoms with Crippen LogP contribution in [0.15, 0.2) is 71.3 Å². The zero-order chi connectivity index (χ0) is 25.2. The first-order chi connectivity index (χ1) is 16.9. The highest BCUT2D eigenvalue weighted by atomic mass is 16.5. The predicted octanol–water partition coefficient (Wildman–Crippen LogP) is 5.54. The number of hydrogen-bond donors (Lipinski definition) is 1. The van der Waals surface area contributed by atoms with Crippen molar-refractivity contribution in [3.63, 3.8) is 0 Å². The molecule has 0 saturated carbocycles. The summed E-state index contributed by atoms with van der Waals surface area (Å²) < 4.78 is 11.5. The smallest absolute Gasteiger partial charge is 0.303 e. The Balaban J connectivity index is 1.74. The van der Waals surface area contributed by atoms with Gasteiger partial charge in [0.25, 0.3) is 5.91 Å². The fourth-order valence-corrected chi connectivity index (χ4v) is 4.17. The number of para-hydroxylation sites is 1. The van der Waals surface area contributed by atoms with E-state index in [1.54, 1.807) is 6.26 Å². The van der Waals surface area contributed by atoms with Crippen molar-refractivity contribution in [2.75, 3.05) is 6.61 Å². The lowest BCUT2D eigenvalue weighted by Gasteiger charge is -2.36. The maximum Gasteiger partial charge on any atom is 0.303 e. The Labute approximate surface area is 208 Å². The summed E-state index contributed by atoms with van der Waals surface area (Å²) in [5.74, 6) is 0.542. The van der Waals surface area contributed by atoms with E-state index < -0.39 is 5.97 Å². The van der Waals surface area contributed by atoms with Crippen LogP contribution in [0.5, 0.6) is 5.75 Å². The van der Waals surface area contributed by atoms with Crippen LogP contribution in [0, 0.1) is 0 Å². The SMILES string of the molecule is BC(c1ccccc1OCCCCCC(=O)O)N(C(=O)c1ccc(-c2ccco2)cc1)C(C)CC. The summed E-state index contributed by atoms with van der Waals surface area (Å²) in [5, 5.41) is 8.78. The summed E-state index contributed by atoms with van der Waals surface area (Å²) in [6, 6.07) is 19.1.